The first kappa shape index (κ1) is 44.2. The molecule has 0 heterocycles. The molecule has 0 unspecified atom stereocenters. The molecule has 0 spiro atoms. The molecular formula is C39H77NO4S. The van der Waals surface area contributed by atoms with Gasteiger partial charge in [-0.05, 0) is 12.8 Å². The number of amides is 1. The third-order valence-electron chi connectivity index (χ3n) is 9.13. The van der Waals surface area contributed by atoms with Crippen LogP contribution in [-0.2, 0) is 9.59 Å². The summed E-state index contributed by atoms with van der Waals surface area (Å²) < 4.78 is 0. The zero-order chi connectivity index (χ0) is 33.1. The molecule has 1 amide bonds. The Labute approximate surface area is 284 Å². The minimum Gasteiger partial charge on any atom is -0.480 e. The van der Waals surface area contributed by atoms with Gasteiger partial charge in [0.25, 0.3) is 0 Å². The van der Waals surface area contributed by atoms with Crippen LogP contribution in [0.5, 0.6) is 0 Å². The first-order valence-electron chi connectivity index (χ1n) is 19.8. The number of aliphatic hydroxyl groups excluding tert-OH is 1. The number of carboxylic acid groups (broad SMARTS) is 1. The molecule has 0 rings (SSSR count). The topological polar surface area (TPSA) is 86.6 Å². The molecule has 0 aliphatic carbocycles. The van der Waals surface area contributed by atoms with Gasteiger partial charge in [-0.15, -0.1) is 0 Å². The summed E-state index contributed by atoms with van der Waals surface area (Å²) in [7, 11) is 0. The van der Waals surface area contributed by atoms with E-state index in [0.717, 1.165) is 38.5 Å². The molecule has 6 heteroatoms. The summed E-state index contributed by atoms with van der Waals surface area (Å²) in [4.78, 5) is 23.9. The van der Waals surface area contributed by atoms with Crippen LogP contribution in [0, 0.1) is 0 Å². The third-order valence-corrected chi connectivity index (χ3v) is 10.3. The lowest BCUT2D eigenvalue weighted by Crippen LogP contribution is -2.42. The van der Waals surface area contributed by atoms with E-state index in [1.54, 1.807) is 0 Å². The molecule has 0 bridgehead atoms. The number of carbonyl (C=O) groups is 2. The average Bonchev–Trinajstić information content (AvgIpc) is 3.02. The first-order chi connectivity index (χ1) is 22.0. The molecule has 5 nitrogen and oxygen atoms in total. The molecule has 268 valence electrons. The Hall–Kier alpha value is -0.750. The zero-order valence-corrected chi connectivity index (χ0v) is 30.9. The SMILES string of the molecule is CCCCCCCCCCCCCCCCCC[C@@H](O)CSC[C@@H](NC(=O)CCCCCCCCCCCCCCC)C(=O)O. The third kappa shape index (κ3) is 34.4. The minimum absolute atomic E-state index is 0.167. The lowest BCUT2D eigenvalue weighted by Gasteiger charge is -2.16. The van der Waals surface area contributed by atoms with Crippen molar-refractivity contribution >= 4 is 23.6 Å². The molecular weight excluding hydrogens is 578 g/mol. The largest absolute Gasteiger partial charge is 0.480 e. The number of hydrogen-bond donors (Lipinski definition) is 3. The van der Waals surface area contributed by atoms with E-state index in [9.17, 15) is 19.8 Å². The summed E-state index contributed by atoms with van der Waals surface area (Å²) in [6, 6.07) is -0.882. The fourth-order valence-electron chi connectivity index (χ4n) is 6.08. The number of aliphatic hydroxyl groups is 1. The smallest absolute Gasteiger partial charge is 0.327 e. The fraction of sp³-hybridized carbons (Fsp3) is 0.949. The van der Waals surface area contributed by atoms with Gasteiger partial charge < -0.3 is 15.5 Å². The van der Waals surface area contributed by atoms with E-state index >= 15 is 0 Å². The van der Waals surface area contributed by atoms with Gasteiger partial charge >= 0.3 is 5.97 Å². The maximum absolute atomic E-state index is 12.3. The summed E-state index contributed by atoms with van der Waals surface area (Å²) in [6.07, 6.45) is 38.6. The molecule has 45 heavy (non-hydrogen) atoms. The van der Waals surface area contributed by atoms with Gasteiger partial charge in [-0.1, -0.05) is 194 Å². The zero-order valence-electron chi connectivity index (χ0n) is 30.1. The van der Waals surface area contributed by atoms with Gasteiger partial charge in [-0.25, -0.2) is 4.79 Å². The van der Waals surface area contributed by atoms with Crippen molar-refractivity contribution in [2.45, 2.75) is 225 Å². The van der Waals surface area contributed by atoms with Gasteiger partial charge in [0.1, 0.15) is 6.04 Å². The number of hydrogen-bond acceptors (Lipinski definition) is 4. The van der Waals surface area contributed by atoms with Crippen molar-refractivity contribution in [3.05, 3.63) is 0 Å². The maximum atomic E-state index is 12.3. The number of carbonyl (C=O) groups excluding carboxylic acids is 1. The van der Waals surface area contributed by atoms with Crippen LogP contribution >= 0.6 is 11.8 Å². The summed E-state index contributed by atoms with van der Waals surface area (Å²) in [5.41, 5.74) is 0. The Morgan fingerprint density at radius 3 is 1.20 bits per heavy atom. The van der Waals surface area contributed by atoms with E-state index in [2.05, 4.69) is 19.2 Å². The van der Waals surface area contributed by atoms with Crippen molar-refractivity contribution in [2.24, 2.45) is 0 Å². The highest BCUT2D eigenvalue weighted by Crippen LogP contribution is 2.16. The number of rotatable bonds is 37. The number of aliphatic carboxylic acids is 1. The standard InChI is InChI=1S/C39H77NO4S/c1-3-5-7-9-11-13-15-17-18-19-21-22-24-26-28-30-32-36(41)34-45-35-37(39(43)44)40-38(42)33-31-29-27-25-23-20-16-14-12-10-8-6-4-2/h36-37,41H,3-35H2,1-2H3,(H,40,42)(H,43,44)/t36-,37-/m1/s1. The van der Waals surface area contributed by atoms with E-state index in [-0.39, 0.29) is 5.91 Å². The van der Waals surface area contributed by atoms with Gasteiger partial charge in [0.15, 0.2) is 0 Å². The highest BCUT2D eigenvalue weighted by molar-refractivity contribution is 7.99. The lowest BCUT2D eigenvalue weighted by molar-refractivity contribution is -0.141. The Morgan fingerprint density at radius 1 is 0.511 bits per heavy atom. The van der Waals surface area contributed by atoms with Crippen molar-refractivity contribution in [1.29, 1.82) is 0 Å². The van der Waals surface area contributed by atoms with Crippen LogP contribution in [0.4, 0.5) is 0 Å². The van der Waals surface area contributed by atoms with Crippen molar-refractivity contribution in [3.8, 4) is 0 Å². The average molecular weight is 656 g/mol. The maximum Gasteiger partial charge on any atom is 0.327 e. The molecule has 0 aromatic carbocycles. The van der Waals surface area contributed by atoms with Crippen molar-refractivity contribution in [1.82, 2.24) is 5.32 Å². The molecule has 0 aliphatic rings. The van der Waals surface area contributed by atoms with E-state index in [1.165, 1.54) is 166 Å². The summed E-state index contributed by atoms with van der Waals surface area (Å²) in [5.74, 6) is -0.333. The van der Waals surface area contributed by atoms with Crippen molar-refractivity contribution in [2.75, 3.05) is 11.5 Å². The van der Waals surface area contributed by atoms with Crippen LogP contribution < -0.4 is 5.32 Å². The van der Waals surface area contributed by atoms with E-state index in [4.69, 9.17) is 0 Å². The van der Waals surface area contributed by atoms with E-state index in [1.807, 2.05) is 0 Å². The second-order valence-corrected chi connectivity index (χ2v) is 14.8. The number of unbranched alkanes of at least 4 members (excludes halogenated alkanes) is 27. The van der Waals surface area contributed by atoms with Crippen molar-refractivity contribution in [3.63, 3.8) is 0 Å². The molecule has 0 radical (unpaired) electrons. The number of carboxylic acids is 1. The van der Waals surface area contributed by atoms with Gasteiger partial charge in [0, 0.05) is 17.9 Å². The van der Waals surface area contributed by atoms with Crippen molar-refractivity contribution < 1.29 is 19.8 Å². The Balaban J connectivity index is 3.59. The monoisotopic (exact) mass is 656 g/mol. The molecule has 0 aromatic heterocycles. The van der Waals surface area contributed by atoms with Crippen LogP contribution in [-0.4, -0.2) is 45.7 Å². The summed E-state index contributed by atoms with van der Waals surface area (Å²) in [6.45, 7) is 4.54. The predicted molar refractivity (Wildman–Crippen MR) is 197 cm³/mol. The number of thioether (sulfide) groups is 1. The first-order valence-corrected chi connectivity index (χ1v) is 20.9. The molecule has 0 fully saturated rings. The van der Waals surface area contributed by atoms with Gasteiger partial charge in [0.2, 0.25) is 5.91 Å². The lowest BCUT2D eigenvalue weighted by atomic mass is 10.0. The van der Waals surface area contributed by atoms with Crippen LogP contribution in [0.3, 0.4) is 0 Å². The molecule has 0 aliphatic heterocycles. The molecule has 3 N–H and O–H groups in total. The Bertz CT molecular complexity index is 632. The molecule has 0 aromatic rings. The highest BCUT2D eigenvalue weighted by Gasteiger charge is 2.20. The molecule has 0 saturated heterocycles. The predicted octanol–water partition coefficient (Wildman–Crippen LogP) is 11.8. The van der Waals surface area contributed by atoms with Crippen LogP contribution in [0.15, 0.2) is 0 Å². The fourth-order valence-corrected chi connectivity index (χ4v) is 7.11. The van der Waals surface area contributed by atoms with E-state index in [0.29, 0.717) is 17.9 Å². The van der Waals surface area contributed by atoms with Gasteiger partial charge in [0.05, 0.1) is 6.10 Å². The second-order valence-electron chi connectivity index (χ2n) is 13.7. The minimum atomic E-state index is -0.992. The van der Waals surface area contributed by atoms with Gasteiger partial charge in [-0.3, -0.25) is 4.79 Å². The van der Waals surface area contributed by atoms with Crippen LogP contribution in [0.25, 0.3) is 0 Å². The van der Waals surface area contributed by atoms with Gasteiger partial charge in [-0.2, -0.15) is 11.8 Å². The quantitative estimate of drug-likeness (QED) is 0.0580. The van der Waals surface area contributed by atoms with Crippen LogP contribution in [0.1, 0.15) is 213 Å². The number of nitrogens with one attached hydrogen (secondary N) is 1. The Kier molecular flexibility index (Phi) is 35.5. The molecule has 2 atom stereocenters. The Morgan fingerprint density at radius 2 is 0.844 bits per heavy atom. The summed E-state index contributed by atoms with van der Waals surface area (Å²) >= 11 is 1.43. The highest BCUT2D eigenvalue weighted by atomic mass is 32.2. The second kappa shape index (κ2) is 36.1. The summed E-state index contributed by atoms with van der Waals surface area (Å²) in [5, 5.41) is 22.6. The van der Waals surface area contributed by atoms with E-state index < -0.39 is 18.1 Å². The van der Waals surface area contributed by atoms with Crippen LogP contribution in [0.2, 0.25) is 0 Å². The normalized spacial score (nSPS) is 12.8. The molecule has 0 saturated carbocycles.